The van der Waals surface area contributed by atoms with Crippen molar-refractivity contribution in [2.75, 3.05) is 17.7 Å². The molecule has 0 spiro atoms. The molecular weight excluding hydrogens is 284 g/mol. The van der Waals surface area contributed by atoms with E-state index in [0.717, 1.165) is 10.9 Å². The third kappa shape index (κ3) is 2.14. The minimum absolute atomic E-state index is 0.126. The lowest BCUT2D eigenvalue weighted by Crippen LogP contribution is -2.23. The molecule has 1 atom stereocenters. The largest absolute Gasteiger partial charge is 0.365 e. The Morgan fingerprint density at radius 3 is 2.95 bits per heavy atom. The normalized spacial score (nSPS) is 17.6. The molecule has 0 unspecified atom stereocenters. The molecule has 20 heavy (non-hydrogen) atoms. The first-order chi connectivity index (χ1) is 9.58. The van der Waals surface area contributed by atoms with Crippen molar-refractivity contribution in [1.82, 2.24) is 4.98 Å². The molecule has 1 aliphatic rings. The molecule has 2 aromatic rings. The molecule has 1 amide bonds. The number of hydrogen-bond acceptors (Lipinski definition) is 4. The summed E-state index contributed by atoms with van der Waals surface area (Å²) in [5, 5.41) is 6.21. The van der Waals surface area contributed by atoms with Gasteiger partial charge in [-0.3, -0.25) is 4.79 Å². The van der Waals surface area contributed by atoms with E-state index in [1.54, 1.807) is 7.05 Å². The summed E-state index contributed by atoms with van der Waals surface area (Å²) >= 11 is 1.36. The van der Waals surface area contributed by atoms with Crippen molar-refractivity contribution in [3.8, 4) is 0 Å². The number of benzene rings is 1. The number of nitrogens with zero attached hydrogens (tertiary/aromatic N) is 1. The van der Waals surface area contributed by atoms with Crippen LogP contribution >= 0.6 is 11.3 Å². The van der Waals surface area contributed by atoms with Crippen molar-refractivity contribution < 1.29 is 13.6 Å². The van der Waals surface area contributed by atoms with E-state index in [1.165, 1.54) is 23.5 Å². The van der Waals surface area contributed by atoms with Gasteiger partial charge in [-0.05, 0) is 11.6 Å². The van der Waals surface area contributed by atoms with E-state index >= 15 is 0 Å². The number of aromatic nitrogens is 1. The fourth-order valence-corrected chi connectivity index (χ4v) is 3.25. The SMILES string of the molecule is CNc1nc2c(s1)[C@@H](c1ccc(F)cc1F)CC(=O)N2. The smallest absolute Gasteiger partial charge is 0.226 e. The number of nitrogens with one attached hydrogen (secondary N) is 2. The zero-order valence-electron chi connectivity index (χ0n) is 10.5. The molecule has 0 bridgehead atoms. The van der Waals surface area contributed by atoms with E-state index in [4.69, 9.17) is 0 Å². The number of anilines is 2. The van der Waals surface area contributed by atoms with Crippen LogP contribution in [0.15, 0.2) is 18.2 Å². The zero-order valence-corrected chi connectivity index (χ0v) is 11.4. The van der Waals surface area contributed by atoms with E-state index in [9.17, 15) is 13.6 Å². The van der Waals surface area contributed by atoms with E-state index < -0.39 is 17.6 Å². The van der Waals surface area contributed by atoms with Crippen LogP contribution in [0, 0.1) is 11.6 Å². The zero-order chi connectivity index (χ0) is 14.3. The Kier molecular flexibility index (Phi) is 3.13. The molecule has 1 aromatic carbocycles. The highest BCUT2D eigenvalue weighted by atomic mass is 32.1. The molecular formula is C13H11F2N3OS. The van der Waals surface area contributed by atoms with Crippen molar-refractivity contribution in [1.29, 1.82) is 0 Å². The quantitative estimate of drug-likeness (QED) is 0.895. The Bertz CT molecular complexity index is 686. The minimum Gasteiger partial charge on any atom is -0.365 e. The highest BCUT2D eigenvalue weighted by Crippen LogP contribution is 2.42. The average Bonchev–Trinajstić information content (AvgIpc) is 2.81. The lowest BCUT2D eigenvalue weighted by Gasteiger charge is -2.21. The van der Waals surface area contributed by atoms with Crippen LogP contribution in [0.2, 0.25) is 0 Å². The van der Waals surface area contributed by atoms with Gasteiger partial charge >= 0.3 is 0 Å². The average molecular weight is 295 g/mol. The van der Waals surface area contributed by atoms with Gasteiger partial charge in [-0.15, -0.1) is 0 Å². The van der Waals surface area contributed by atoms with Crippen LogP contribution in [-0.4, -0.2) is 17.9 Å². The number of carbonyl (C=O) groups excluding carboxylic acids is 1. The fraction of sp³-hybridized carbons (Fsp3) is 0.231. The third-order valence-electron chi connectivity index (χ3n) is 3.17. The maximum Gasteiger partial charge on any atom is 0.226 e. The number of carbonyl (C=O) groups is 1. The lowest BCUT2D eigenvalue weighted by atomic mass is 9.91. The van der Waals surface area contributed by atoms with Crippen molar-refractivity contribution in [2.45, 2.75) is 12.3 Å². The van der Waals surface area contributed by atoms with Gasteiger partial charge in [0.1, 0.15) is 17.5 Å². The summed E-state index contributed by atoms with van der Waals surface area (Å²) < 4.78 is 26.9. The summed E-state index contributed by atoms with van der Waals surface area (Å²) in [5.41, 5.74) is 0.314. The van der Waals surface area contributed by atoms with E-state index in [1.807, 2.05) is 0 Å². The van der Waals surface area contributed by atoms with Gasteiger partial charge < -0.3 is 10.6 Å². The first kappa shape index (κ1) is 13.0. The number of thiazole rings is 1. The van der Waals surface area contributed by atoms with Crippen molar-refractivity contribution in [3.63, 3.8) is 0 Å². The molecule has 2 N–H and O–H groups in total. The molecule has 2 heterocycles. The van der Waals surface area contributed by atoms with Crippen LogP contribution in [0.5, 0.6) is 0 Å². The highest BCUT2D eigenvalue weighted by molar-refractivity contribution is 7.16. The number of halogens is 2. The predicted octanol–water partition coefficient (Wildman–Crippen LogP) is 2.94. The highest BCUT2D eigenvalue weighted by Gasteiger charge is 2.31. The Morgan fingerprint density at radius 2 is 2.25 bits per heavy atom. The standard InChI is InChI=1S/C13H11F2N3OS/c1-16-13-18-12-11(20-13)8(5-10(19)17-12)7-3-2-6(14)4-9(7)15/h2-4,8H,5H2,1H3,(H,16,18)(H,17,19)/t8-/m1/s1. The molecule has 7 heteroatoms. The van der Waals surface area contributed by atoms with Gasteiger partial charge in [-0.1, -0.05) is 17.4 Å². The summed E-state index contributed by atoms with van der Waals surface area (Å²) in [6.45, 7) is 0. The molecule has 1 aromatic heterocycles. The van der Waals surface area contributed by atoms with Gasteiger partial charge in [0.2, 0.25) is 5.91 Å². The summed E-state index contributed by atoms with van der Waals surface area (Å²) in [6.07, 6.45) is 0.126. The first-order valence-electron chi connectivity index (χ1n) is 6.01. The van der Waals surface area contributed by atoms with Crippen LogP contribution in [0.25, 0.3) is 0 Å². The Balaban J connectivity index is 2.10. The van der Waals surface area contributed by atoms with Gasteiger partial charge in [0.25, 0.3) is 0 Å². The minimum atomic E-state index is -0.643. The molecule has 0 aliphatic carbocycles. The Labute approximate surface area is 117 Å². The third-order valence-corrected chi connectivity index (χ3v) is 4.36. The van der Waals surface area contributed by atoms with Crippen LogP contribution in [0.3, 0.4) is 0 Å². The van der Waals surface area contributed by atoms with Gasteiger partial charge in [0.05, 0.1) is 4.88 Å². The van der Waals surface area contributed by atoms with E-state index in [0.29, 0.717) is 16.5 Å². The maximum absolute atomic E-state index is 13.9. The Hall–Kier alpha value is -2.02. The van der Waals surface area contributed by atoms with Gasteiger partial charge in [-0.2, -0.15) is 0 Å². The van der Waals surface area contributed by atoms with Crippen molar-refractivity contribution in [3.05, 3.63) is 40.3 Å². The summed E-state index contributed by atoms with van der Waals surface area (Å²) in [6, 6.07) is 3.42. The second kappa shape index (κ2) is 4.82. The number of hydrogen-bond donors (Lipinski definition) is 2. The molecule has 0 fully saturated rings. The maximum atomic E-state index is 13.9. The molecule has 3 rings (SSSR count). The van der Waals surface area contributed by atoms with E-state index in [-0.39, 0.29) is 12.3 Å². The van der Waals surface area contributed by atoms with Crippen LogP contribution in [-0.2, 0) is 4.79 Å². The fourth-order valence-electron chi connectivity index (χ4n) is 2.26. The predicted molar refractivity (Wildman–Crippen MR) is 73.1 cm³/mol. The summed E-state index contributed by atoms with van der Waals surface area (Å²) in [4.78, 5) is 16.7. The Morgan fingerprint density at radius 1 is 1.45 bits per heavy atom. The van der Waals surface area contributed by atoms with Crippen LogP contribution in [0.1, 0.15) is 22.8 Å². The van der Waals surface area contributed by atoms with E-state index in [2.05, 4.69) is 15.6 Å². The van der Waals surface area contributed by atoms with Gasteiger partial charge in [-0.25, -0.2) is 13.8 Å². The van der Waals surface area contributed by atoms with Crippen molar-refractivity contribution in [2.24, 2.45) is 0 Å². The van der Waals surface area contributed by atoms with Gasteiger partial charge in [0, 0.05) is 25.5 Å². The second-order valence-corrected chi connectivity index (χ2v) is 5.48. The molecule has 0 radical (unpaired) electrons. The molecule has 104 valence electrons. The van der Waals surface area contributed by atoms with Gasteiger partial charge in [0.15, 0.2) is 5.13 Å². The molecule has 4 nitrogen and oxygen atoms in total. The van der Waals surface area contributed by atoms with Crippen LogP contribution in [0.4, 0.5) is 19.7 Å². The topological polar surface area (TPSA) is 54.0 Å². The lowest BCUT2D eigenvalue weighted by molar-refractivity contribution is -0.116. The molecule has 1 aliphatic heterocycles. The second-order valence-electron chi connectivity index (χ2n) is 4.45. The number of amides is 1. The summed E-state index contributed by atoms with van der Waals surface area (Å²) in [5.74, 6) is -1.48. The number of fused-ring (bicyclic) bond motifs is 1. The van der Waals surface area contributed by atoms with Crippen molar-refractivity contribution >= 4 is 28.2 Å². The molecule has 0 saturated carbocycles. The first-order valence-corrected chi connectivity index (χ1v) is 6.83. The number of rotatable bonds is 2. The van der Waals surface area contributed by atoms with Crippen LogP contribution < -0.4 is 10.6 Å². The molecule has 0 saturated heterocycles. The monoisotopic (exact) mass is 295 g/mol. The summed E-state index contributed by atoms with van der Waals surface area (Å²) in [7, 11) is 1.72.